The third-order valence-electron chi connectivity index (χ3n) is 4.86. The molecule has 0 aliphatic carbocycles. The van der Waals surface area contributed by atoms with Crippen LogP contribution in [0.1, 0.15) is 27.2 Å². The highest BCUT2D eigenvalue weighted by molar-refractivity contribution is 5.93. The molecule has 0 aliphatic rings. The van der Waals surface area contributed by atoms with Gasteiger partial charge in [0.05, 0.1) is 29.4 Å². The second kappa shape index (κ2) is 8.17. The molecular weight excluding hydrogens is 409 g/mol. The van der Waals surface area contributed by atoms with Crippen molar-refractivity contribution >= 4 is 22.9 Å². The number of carbonyl (C=O) groups is 1. The predicted molar refractivity (Wildman–Crippen MR) is 110 cm³/mol. The summed E-state index contributed by atoms with van der Waals surface area (Å²) < 4.78 is 46.5. The number of hydrogen-bond acceptors (Lipinski definition) is 4. The Balaban J connectivity index is 1.64. The number of benzene rings is 2. The van der Waals surface area contributed by atoms with Gasteiger partial charge in [-0.3, -0.25) is 4.79 Å². The Hall–Kier alpha value is -3.75. The van der Waals surface area contributed by atoms with E-state index in [0.29, 0.717) is 35.9 Å². The van der Waals surface area contributed by atoms with E-state index in [0.717, 1.165) is 17.7 Å². The molecule has 6 nitrogen and oxygen atoms in total. The van der Waals surface area contributed by atoms with Gasteiger partial charge < -0.3 is 19.6 Å². The van der Waals surface area contributed by atoms with Gasteiger partial charge in [-0.05, 0) is 48.0 Å². The van der Waals surface area contributed by atoms with Crippen LogP contribution in [0.25, 0.3) is 11.0 Å². The van der Waals surface area contributed by atoms with Gasteiger partial charge in [-0.1, -0.05) is 12.1 Å². The molecule has 0 radical (unpaired) electrons. The smallest absolute Gasteiger partial charge is 0.416 e. The maximum absolute atomic E-state index is 13.1. The molecule has 0 bridgehead atoms. The van der Waals surface area contributed by atoms with Gasteiger partial charge in [0.25, 0.3) is 5.91 Å². The van der Waals surface area contributed by atoms with Crippen LogP contribution in [0, 0.1) is 0 Å². The topological polar surface area (TPSA) is 72.1 Å². The van der Waals surface area contributed by atoms with Crippen LogP contribution in [0.15, 0.2) is 65.3 Å². The average molecular weight is 428 g/mol. The van der Waals surface area contributed by atoms with Crippen LogP contribution in [-0.4, -0.2) is 22.5 Å². The molecule has 2 N–H and O–H groups in total. The Morgan fingerprint density at radius 3 is 2.55 bits per heavy atom. The number of rotatable bonds is 6. The van der Waals surface area contributed by atoms with E-state index in [2.05, 4.69) is 15.6 Å². The Morgan fingerprint density at radius 1 is 1.13 bits per heavy atom. The standard InChI is InChI=1S/C22H19F3N4O2/c1-26-20(30)15-6-4-14(5-7-15)12-27-21-28-18-11-16(22(23,24)25)8-9-19(18)29(21)13-17-3-2-10-31-17/h2-11H,12-13H2,1H3,(H,26,30)(H,27,28). The Labute approximate surface area is 175 Å². The number of furan rings is 1. The first-order valence-corrected chi connectivity index (χ1v) is 9.50. The van der Waals surface area contributed by atoms with E-state index in [-0.39, 0.29) is 11.4 Å². The molecule has 4 rings (SSSR count). The van der Waals surface area contributed by atoms with Gasteiger partial charge >= 0.3 is 6.18 Å². The summed E-state index contributed by atoms with van der Waals surface area (Å²) in [6.07, 6.45) is -2.91. The quantitative estimate of drug-likeness (QED) is 0.468. The lowest BCUT2D eigenvalue weighted by molar-refractivity contribution is -0.137. The summed E-state index contributed by atoms with van der Waals surface area (Å²) in [5.74, 6) is 0.887. The average Bonchev–Trinajstić information content (AvgIpc) is 3.39. The van der Waals surface area contributed by atoms with Gasteiger partial charge in [-0.25, -0.2) is 4.98 Å². The van der Waals surface area contributed by atoms with E-state index in [1.807, 2.05) is 0 Å². The molecule has 0 saturated carbocycles. The third-order valence-corrected chi connectivity index (χ3v) is 4.86. The van der Waals surface area contributed by atoms with Crippen LogP contribution < -0.4 is 10.6 Å². The van der Waals surface area contributed by atoms with Crippen LogP contribution in [-0.2, 0) is 19.3 Å². The lowest BCUT2D eigenvalue weighted by atomic mass is 10.1. The van der Waals surface area contributed by atoms with Crippen LogP contribution >= 0.6 is 0 Å². The Morgan fingerprint density at radius 2 is 1.90 bits per heavy atom. The van der Waals surface area contributed by atoms with Crippen molar-refractivity contribution in [3.63, 3.8) is 0 Å². The number of nitrogens with one attached hydrogen (secondary N) is 2. The van der Waals surface area contributed by atoms with Gasteiger partial charge in [-0.2, -0.15) is 13.2 Å². The fourth-order valence-electron chi connectivity index (χ4n) is 3.26. The molecule has 0 atom stereocenters. The summed E-state index contributed by atoms with van der Waals surface area (Å²) in [6, 6.07) is 14.1. The normalized spacial score (nSPS) is 11.6. The molecule has 2 aromatic heterocycles. The summed E-state index contributed by atoms with van der Waals surface area (Å²) in [6.45, 7) is 0.689. The summed E-state index contributed by atoms with van der Waals surface area (Å²) in [5.41, 5.74) is 1.47. The van der Waals surface area contributed by atoms with Crippen molar-refractivity contribution in [1.82, 2.24) is 14.9 Å². The highest BCUT2D eigenvalue weighted by atomic mass is 19.4. The van der Waals surface area contributed by atoms with Crippen LogP contribution in [0.3, 0.4) is 0 Å². The Bertz CT molecular complexity index is 1200. The highest BCUT2D eigenvalue weighted by Gasteiger charge is 2.31. The van der Waals surface area contributed by atoms with Crippen molar-refractivity contribution in [2.75, 3.05) is 12.4 Å². The lowest BCUT2D eigenvalue weighted by Gasteiger charge is -2.10. The highest BCUT2D eigenvalue weighted by Crippen LogP contribution is 2.32. The molecule has 9 heteroatoms. The molecule has 0 fully saturated rings. The van der Waals surface area contributed by atoms with E-state index in [1.54, 1.807) is 48.0 Å². The lowest BCUT2D eigenvalue weighted by Crippen LogP contribution is -2.17. The summed E-state index contributed by atoms with van der Waals surface area (Å²) in [7, 11) is 1.56. The van der Waals surface area contributed by atoms with E-state index < -0.39 is 11.7 Å². The third kappa shape index (κ3) is 4.40. The molecule has 31 heavy (non-hydrogen) atoms. The van der Waals surface area contributed by atoms with E-state index >= 15 is 0 Å². The molecule has 2 heterocycles. The van der Waals surface area contributed by atoms with Gasteiger partial charge in [0.15, 0.2) is 0 Å². The zero-order valence-corrected chi connectivity index (χ0v) is 16.5. The number of aromatic nitrogens is 2. The molecule has 0 spiro atoms. The van der Waals surface area contributed by atoms with E-state index in [1.165, 1.54) is 12.3 Å². The molecule has 0 saturated heterocycles. The zero-order chi connectivity index (χ0) is 22.0. The van der Waals surface area contributed by atoms with Gasteiger partial charge in [-0.15, -0.1) is 0 Å². The minimum Gasteiger partial charge on any atom is -0.467 e. The number of anilines is 1. The van der Waals surface area contributed by atoms with Gasteiger partial charge in [0, 0.05) is 19.2 Å². The van der Waals surface area contributed by atoms with Crippen LogP contribution in [0.2, 0.25) is 0 Å². The first-order chi connectivity index (χ1) is 14.8. The summed E-state index contributed by atoms with van der Waals surface area (Å²) in [4.78, 5) is 16.1. The largest absolute Gasteiger partial charge is 0.467 e. The first kappa shape index (κ1) is 20.5. The monoisotopic (exact) mass is 428 g/mol. The maximum Gasteiger partial charge on any atom is 0.416 e. The first-order valence-electron chi connectivity index (χ1n) is 9.50. The minimum absolute atomic E-state index is 0.180. The maximum atomic E-state index is 13.1. The molecule has 2 aromatic carbocycles. The molecule has 0 unspecified atom stereocenters. The number of carbonyl (C=O) groups excluding carboxylic acids is 1. The summed E-state index contributed by atoms with van der Waals surface area (Å²) >= 11 is 0. The van der Waals surface area contributed by atoms with Crippen molar-refractivity contribution in [3.8, 4) is 0 Å². The number of amides is 1. The second-order valence-corrected chi connectivity index (χ2v) is 6.93. The minimum atomic E-state index is -4.45. The van der Waals surface area contributed by atoms with Crippen molar-refractivity contribution in [2.45, 2.75) is 19.3 Å². The number of imidazole rings is 1. The predicted octanol–water partition coefficient (Wildman–Crippen LogP) is 4.67. The Kier molecular flexibility index (Phi) is 5.41. The second-order valence-electron chi connectivity index (χ2n) is 6.93. The number of alkyl halides is 3. The number of fused-ring (bicyclic) bond motifs is 1. The van der Waals surface area contributed by atoms with E-state index in [9.17, 15) is 18.0 Å². The SMILES string of the molecule is CNC(=O)c1ccc(CNc2nc3cc(C(F)(F)F)ccc3n2Cc2ccco2)cc1. The fraction of sp³-hybridized carbons (Fsp3) is 0.182. The molecular formula is C22H19F3N4O2. The molecule has 160 valence electrons. The van der Waals surface area contributed by atoms with Gasteiger partial charge in [0.2, 0.25) is 5.95 Å². The molecule has 1 amide bonds. The van der Waals surface area contributed by atoms with Crippen molar-refractivity contribution in [3.05, 3.63) is 83.3 Å². The number of halogens is 3. The van der Waals surface area contributed by atoms with Crippen molar-refractivity contribution in [1.29, 1.82) is 0 Å². The van der Waals surface area contributed by atoms with Crippen LogP contribution in [0.5, 0.6) is 0 Å². The number of hydrogen-bond donors (Lipinski definition) is 2. The summed E-state index contributed by atoms with van der Waals surface area (Å²) in [5, 5.41) is 5.74. The van der Waals surface area contributed by atoms with Crippen molar-refractivity contribution < 1.29 is 22.4 Å². The van der Waals surface area contributed by atoms with Crippen LogP contribution in [0.4, 0.5) is 19.1 Å². The fourth-order valence-corrected chi connectivity index (χ4v) is 3.26. The number of nitrogens with zero attached hydrogens (tertiary/aromatic N) is 2. The van der Waals surface area contributed by atoms with E-state index in [4.69, 9.17) is 4.42 Å². The van der Waals surface area contributed by atoms with Crippen molar-refractivity contribution in [2.24, 2.45) is 0 Å². The van der Waals surface area contributed by atoms with Gasteiger partial charge in [0.1, 0.15) is 5.76 Å². The molecule has 0 aliphatic heterocycles. The zero-order valence-electron chi connectivity index (χ0n) is 16.5. The molecule has 4 aromatic rings.